The Morgan fingerprint density at radius 2 is 1.45 bits per heavy atom. The Hall–Kier alpha value is -1.99. The van der Waals surface area contributed by atoms with Gasteiger partial charge in [0.15, 0.2) is 0 Å². The number of rotatable bonds is 2. The van der Waals surface area contributed by atoms with Crippen molar-refractivity contribution >= 4 is 27.5 Å². The van der Waals surface area contributed by atoms with Gasteiger partial charge in [-0.3, -0.25) is 14.5 Å². The molecule has 2 bridgehead atoms. The summed E-state index contributed by atoms with van der Waals surface area (Å²) in [5.74, 6) is -0.591. The van der Waals surface area contributed by atoms with Crippen LogP contribution in [-0.2, 0) is 19.6 Å². The number of nitrogens with two attached hydrogens (primary N) is 1. The summed E-state index contributed by atoms with van der Waals surface area (Å²) in [5.41, 5.74) is 0.399. The van der Waals surface area contributed by atoms with Gasteiger partial charge >= 0.3 is 0 Å². The lowest BCUT2D eigenvalue weighted by atomic mass is 9.85. The molecule has 0 aromatic heterocycles. The van der Waals surface area contributed by atoms with Gasteiger partial charge in [-0.2, -0.15) is 0 Å². The summed E-state index contributed by atoms with van der Waals surface area (Å²) in [4.78, 5) is 26.3. The first kappa shape index (κ1) is 13.7. The van der Waals surface area contributed by atoms with Gasteiger partial charge in [-0.15, -0.1) is 0 Å². The Morgan fingerprint density at radius 3 is 1.91 bits per heavy atom. The number of benzene rings is 1. The van der Waals surface area contributed by atoms with E-state index in [2.05, 4.69) is 0 Å². The lowest BCUT2D eigenvalue weighted by Gasteiger charge is -2.17. The minimum absolute atomic E-state index is 0.0442. The fourth-order valence-electron chi connectivity index (χ4n) is 3.94. The molecule has 4 unspecified atom stereocenters. The number of amides is 2. The van der Waals surface area contributed by atoms with Crippen molar-refractivity contribution in [1.82, 2.24) is 0 Å². The summed E-state index contributed by atoms with van der Waals surface area (Å²) in [6, 6.07) is 5.52. The van der Waals surface area contributed by atoms with E-state index in [-0.39, 0.29) is 40.4 Å². The van der Waals surface area contributed by atoms with Crippen molar-refractivity contribution in [2.75, 3.05) is 4.90 Å². The largest absolute Gasteiger partial charge is 0.274 e. The van der Waals surface area contributed by atoms with Crippen LogP contribution in [0.5, 0.6) is 0 Å². The van der Waals surface area contributed by atoms with Crippen molar-refractivity contribution < 1.29 is 18.0 Å². The summed E-state index contributed by atoms with van der Waals surface area (Å²) < 4.78 is 22.5. The van der Waals surface area contributed by atoms with Gasteiger partial charge in [-0.1, -0.05) is 12.2 Å². The zero-order valence-electron chi connectivity index (χ0n) is 11.5. The van der Waals surface area contributed by atoms with E-state index in [1.807, 2.05) is 12.2 Å². The molecule has 2 fully saturated rings. The quantitative estimate of drug-likeness (QED) is 0.639. The smallest absolute Gasteiger partial charge is 0.238 e. The van der Waals surface area contributed by atoms with Crippen LogP contribution in [-0.4, -0.2) is 20.2 Å². The highest BCUT2D eigenvalue weighted by Gasteiger charge is 2.59. The summed E-state index contributed by atoms with van der Waals surface area (Å²) in [6.07, 6.45) is 4.94. The molecular formula is C15H14N2O4S. The first-order chi connectivity index (χ1) is 10.4. The van der Waals surface area contributed by atoms with E-state index in [9.17, 15) is 18.0 Å². The Kier molecular flexibility index (Phi) is 2.65. The summed E-state index contributed by atoms with van der Waals surface area (Å²) >= 11 is 0. The van der Waals surface area contributed by atoms with Crippen LogP contribution < -0.4 is 10.0 Å². The van der Waals surface area contributed by atoms with Gasteiger partial charge in [0.1, 0.15) is 0 Å². The molecule has 0 radical (unpaired) electrons. The van der Waals surface area contributed by atoms with Crippen molar-refractivity contribution in [2.45, 2.75) is 11.3 Å². The van der Waals surface area contributed by atoms with E-state index in [0.717, 1.165) is 6.42 Å². The van der Waals surface area contributed by atoms with Crippen molar-refractivity contribution in [3.8, 4) is 0 Å². The third kappa shape index (κ3) is 1.72. The zero-order chi connectivity index (χ0) is 15.6. The van der Waals surface area contributed by atoms with E-state index >= 15 is 0 Å². The average molecular weight is 318 g/mol. The van der Waals surface area contributed by atoms with Crippen molar-refractivity contribution in [3.63, 3.8) is 0 Å². The Bertz CT molecular complexity index is 782. The number of anilines is 1. The number of imide groups is 1. The second-order valence-corrected chi connectivity index (χ2v) is 7.61. The molecular weight excluding hydrogens is 304 g/mol. The number of nitrogens with zero attached hydrogens (tertiary/aromatic N) is 1. The predicted octanol–water partition coefficient (Wildman–Crippen LogP) is 0.645. The SMILES string of the molecule is NS(=O)(=O)c1ccc(N2C(=O)C3C4C=CC(C4)C3C2=O)cc1. The minimum atomic E-state index is -3.79. The predicted molar refractivity (Wildman–Crippen MR) is 78.0 cm³/mol. The standard InChI is InChI=1S/C15H14N2O4S/c16-22(20,21)11-5-3-10(4-6-11)17-14(18)12-8-1-2-9(7-8)13(12)15(17)19/h1-6,8-9,12-13H,7H2,(H2,16,20,21). The maximum Gasteiger partial charge on any atom is 0.238 e. The lowest BCUT2D eigenvalue weighted by Crippen LogP contribution is -2.32. The van der Waals surface area contributed by atoms with Gasteiger partial charge in [-0.25, -0.2) is 13.6 Å². The van der Waals surface area contributed by atoms with Gasteiger partial charge in [0, 0.05) is 0 Å². The van der Waals surface area contributed by atoms with Gasteiger partial charge in [0.05, 0.1) is 22.4 Å². The maximum absolute atomic E-state index is 12.6. The van der Waals surface area contributed by atoms with E-state index < -0.39 is 10.0 Å². The number of primary sulfonamides is 1. The number of hydrogen-bond acceptors (Lipinski definition) is 4. The summed E-state index contributed by atoms with van der Waals surface area (Å²) in [5, 5.41) is 5.05. The summed E-state index contributed by atoms with van der Waals surface area (Å²) in [6.45, 7) is 0. The van der Waals surface area contributed by atoms with E-state index in [1.165, 1.54) is 29.2 Å². The Balaban J connectivity index is 1.70. The van der Waals surface area contributed by atoms with Crippen molar-refractivity contribution in [2.24, 2.45) is 28.8 Å². The molecule has 4 atom stereocenters. The van der Waals surface area contributed by atoms with E-state index in [4.69, 9.17) is 5.14 Å². The van der Waals surface area contributed by atoms with Crippen LogP contribution in [0, 0.1) is 23.7 Å². The topological polar surface area (TPSA) is 97.5 Å². The van der Waals surface area contributed by atoms with Crippen LogP contribution in [0.25, 0.3) is 0 Å². The second kappa shape index (κ2) is 4.27. The maximum atomic E-state index is 12.6. The molecule has 114 valence electrons. The highest BCUT2D eigenvalue weighted by Crippen LogP contribution is 2.53. The number of sulfonamides is 1. The number of fused-ring (bicyclic) bond motifs is 5. The van der Waals surface area contributed by atoms with Gasteiger partial charge in [0.25, 0.3) is 0 Å². The first-order valence-electron chi connectivity index (χ1n) is 7.07. The molecule has 2 aliphatic carbocycles. The van der Waals surface area contributed by atoms with Crippen LogP contribution in [0.3, 0.4) is 0 Å². The van der Waals surface area contributed by atoms with Crippen LogP contribution in [0.4, 0.5) is 5.69 Å². The normalized spacial score (nSPS) is 32.9. The molecule has 1 aromatic rings. The minimum Gasteiger partial charge on any atom is -0.274 e. The van der Waals surface area contributed by atoms with Crippen LogP contribution in [0.2, 0.25) is 0 Å². The van der Waals surface area contributed by atoms with Crippen LogP contribution in [0.15, 0.2) is 41.3 Å². The third-order valence-corrected chi connectivity index (χ3v) is 5.82. The molecule has 4 rings (SSSR count). The molecule has 1 saturated heterocycles. The molecule has 7 heteroatoms. The molecule has 1 aromatic carbocycles. The lowest BCUT2D eigenvalue weighted by molar-refractivity contribution is -0.123. The van der Waals surface area contributed by atoms with E-state index in [1.54, 1.807) is 0 Å². The number of carbonyl (C=O) groups excluding carboxylic acids is 2. The van der Waals surface area contributed by atoms with Gasteiger partial charge < -0.3 is 0 Å². The van der Waals surface area contributed by atoms with Crippen LogP contribution in [0.1, 0.15) is 6.42 Å². The molecule has 1 heterocycles. The zero-order valence-corrected chi connectivity index (χ0v) is 12.4. The second-order valence-electron chi connectivity index (χ2n) is 6.05. The van der Waals surface area contributed by atoms with E-state index in [0.29, 0.717) is 5.69 Å². The number of hydrogen-bond donors (Lipinski definition) is 1. The van der Waals surface area contributed by atoms with Crippen molar-refractivity contribution in [3.05, 3.63) is 36.4 Å². The monoisotopic (exact) mass is 318 g/mol. The Labute approximate surface area is 127 Å². The van der Waals surface area contributed by atoms with Crippen LogP contribution >= 0.6 is 0 Å². The van der Waals surface area contributed by atoms with Gasteiger partial charge in [0.2, 0.25) is 21.8 Å². The fourth-order valence-corrected chi connectivity index (χ4v) is 4.46. The fraction of sp³-hybridized carbons (Fsp3) is 0.333. The molecule has 2 amide bonds. The molecule has 3 aliphatic rings. The first-order valence-corrected chi connectivity index (χ1v) is 8.61. The molecule has 1 saturated carbocycles. The van der Waals surface area contributed by atoms with Crippen molar-refractivity contribution in [1.29, 1.82) is 0 Å². The molecule has 0 spiro atoms. The van der Waals surface area contributed by atoms with Gasteiger partial charge in [-0.05, 0) is 42.5 Å². The number of allylic oxidation sites excluding steroid dienone is 2. The molecule has 22 heavy (non-hydrogen) atoms. The highest BCUT2D eigenvalue weighted by atomic mass is 32.2. The average Bonchev–Trinajstić information content (AvgIpc) is 3.12. The molecule has 2 N–H and O–H groups in total. The third-order valence-electron chi connectivity index (χ3n) is 4.89. The number of carbonyl (C=O) groups is 2. The molecule has 1 aliphatic heterocycles. The highest BCUT2D eigenvalue weighted by molar-refractivity contribution is 7.89. The molecule has 6 nitrogen and oxygen atoms in total. The Morgan fingerprint density at radius 1 is 0.955 bits per heavy atom. The summed E-state index contributed by atoms with van der Waals surface area (Å²) in [7, 11) is -3.79.